The Kier molecular flexibility index (Phi) is 3.76. The van der Waals surface area contributed by atoms with Gasteiger partial charge in [-0.3, -0.25) is 0 Å². The lowest BCUT2D eigenvalue weighted by Crippen LogP contribution is -2.40. The number of hydrogen-bond donors (Lipinski definition) is 3. The van der Waals surface area contributed by atoms with Gasteiger partial charge in [-0.1, -0.05) is 30.3 Å². The van der Waals surface area contributed by atoms with Crippen molar-refractivity contribution in [2.45, 2.75) is 24.4 Å². The molecule has 0 radical (unpaired) electrons. The normalized spacial score (nSPS) is 23.5. The number of carbonyl (C=O) groups is 1. The molecule has 4 atom stereocenters. The van der Waals surface area contributed by atoms with Gasteiger partial charge in [0.2, 0.25) is 0 Å². The molecular weight excluding hydrogens is 236 g/mol. The number of ether oxygens (including phenoxy) is 1. The second-order valence-corrected chi connectivity index (χ2v) is 4.10. The van der Waals surface area contributed by atoms with E-state index in [9.17, 15) is 20.1 Å². The lowest BCUT2D eigenvalue weighted by Gasteiger charge is -2.25. The van der Waals surface area contributed by atoms with Crippen LogP contribution in [0.25, 0.3) is 0 Å². The van der Waals surface area contributed by atoms with Crippen molar-refractivity contribution in [3.63, 3.8) is 0 Å². The van der Waals surface area contributed by atoms with E-state index in [-0.39, 0.29) is 0 Å². The molecule has 0 aromatic heterocycles. The molecule has 1 aromatic rings. The Bertz CT molecular complexity index is 442. The first kappa shape index (κ1) is 12.8. The van der Waals surface area contributed by atoms with E-state index in [1.54, 1.807) is 30.3 Å². The second kappa shape index (κ2) is 5.30. The van der Waals surface area contributed by atoms with Gasteiger partial charge in [0.25, 0.3) is 0 Å². The molecule has 18 heavy (non-hydrogen) atoms. The van der Waals surface area contributed by atoms with Gasteiger partial charge < -0.3 is 20.1 Å². The molecular formula is C13H14O5. The summed E-state index contributed by atoms with van der Waals surface area (Å²) in [5.74, 6) is -0.569. The Balaban J connectivity index is 2.05. The van der Waals surface area contributed by atoms with Crippen molar-refractivity contribution in [3.8, 4) is 0 Å². The number of esters is 1. The summed E-state index contributed by atoms with van der Waals surface area (Å²) in [7, 11) is 0. The number of cyclic esters (lactones) is 1. The highest BCUT2D eigenvalue weighted by molar-refractivity contribution is 5.84. The third kappa shape index (κ3) is 2.59. The van der Waals surface area contributed by atoms with Crippen LogP contribution in [0.4, 0.5) is 0 Å². The Morgan fingerprint density at radius 3 is 2.33 bits per heavy atom. The SMILES string of the molecule is O=C1C=C[C@H]([C@@H](O)[C@H](O)[C@@H](O)c2ccccc2)O1. The molecule has 0 amide bonds. The minimum Gasteiger partial charge on any atom is -0.452 e. The fourth-order valence-corrected chi connectivity index (χ4v) is 1.80. The third-order valence-corrected chi connectivity index (χ3v) is 2.83. The van der Waals surface area contributed by atoms with Gasteiger partial charge in [-0.25, -0.2) is 4.79 Å². The van der Waals surface area contributed by atoms with Crippen molar-refractivity contribution in [2.75, 3.05) is 0 Å². The highest BCUT2D eigenvalue weighted by Gasteiger charge is 2.34. The number of benzene rings is 1. The lowest BCUT2D eigenvalue weighted by atomic mass is 9.97. The van der Waals surface area contributed by atoms with Crippen LogP contribution in [-0.4, -0.2) is 39.6 Å². The summed E-state index contributed by atoms with van der Waals surface area (Å²) in [6.07, 6.45) is -2.45. The first-order chi connectivity index (χ1) is 8.59. The van der Waals surface area contributed by atoms with Crippen LogP contribution in [0.3, 0.4) is 0 Å². The number of aliphatic hydroxyl groups is 3. The van der Waals surface area contributed by atoms with E-state index < -0.39 is 30.4 Å². The third-order valence-electron chi connectivity index (χ3n) is 2.83. The first-order valence-corrected chi connectivity index (χ1v) is 5.57. The zero-order valence-electron chi connectivity index (χ0n) is 9.51. The van der Waals surface area contributed by atoms with Crippen LogP contribution in [0, 0.1) is 0 Å². The van der Waals surface area contributed by atoms with E-state index >= 15 is 0 Å². The summed E-state index contributed by atoms with van der Waals surface area (Å²) in [6, 6.07) is 8.48. The molecule has 3 N–H and O–H groups in total. The molecule has 0 spiro atoms. The monoisotopic (exact) mass is 250 g/mol. The molecule has 0 saturated heterocycles. The summed E-state index contributed by atoms with van der Waals surface area (Å²) in [6.45, 7) is 0. The molecule has 0 unspecified atom stereocenters. The smallest absolute Gasteiger partial charge is 0.331 e. The van der Waals surface area contributed by atoms with E-state index in [0.29, 0.717) is 5.56 Å². The highest BCUT2D eigenvalue weighted by Crippen LogP contribution is 2.22. The number of rotatable bonds is 4. The van der Waals surface area contributed by atoms with Crippen molar-refractivity contribution in [2.24, 2.45) is 0 Å². The van der Waals surface area contributed by atoms with Gasteiger partial charge in [-0.15, -0.1) is 0 Å². The van der Waals surface area contributed by atoms with Crippen LogP contribution in [0.2, 0.25) is 0 Å². The highest BCUT2D eigenvalue weighted by atomic mass is 16.6. The van der Waals surface area contributed by atoms with E-state index in [1.807, 2.05) is 0 Å². The zero-order chi connectivity index (χ0) is 13.1. The maximum absolute atomic E-state index is 10.9. The lowest BCUT2D eigenvalue weighted by molar-refractivity contribution is -0.150. The zero-order valence-corrected chi connectivity index (χ0v) is 9.51. The molecule has 1 aromatic carbocycles. The number of aliphatic hydroxyl groups excluding tert-OH is 3. The summed E-state index contributed by atoms with van der Waals surface area (Å²) in [5.41, 5.74) is 0.484. The van der Waals surface area contributed by atoms with Crippen LogP contribution < -0.4 is 0 Å². The Labute approximate surface area is 104 Å². The average molecular weight is 250 g/mol. The quantitative estimate of drug-likeness (QED) is 0.651. The minimum atomic E-state index is -1.44. The van der Waals surface area contributed by atoms with Gasteiger partial charge in [0.15, 0.2) is 0 Å². The van der Waals surface area contributed by atoms with Gasteiger partial charge in [0.1, 0.15) is 24.4 Å². The van der Waals surface area contributed by atoms with Crippen molar-refractivity contribution in [1.82, 2.24) is 0 Å². The van der Waals surface area contributed by atoms with Gasteiger partial charge in [-0.2, -0.15) is 0 Å². The van der Waals surface area contributed by atoms with E-state index in [4.69, 9.17) is 4.74 Å². The minimum absolute atomic E-state index is 0.484. The topological polar surface area (TPSA) is 87.0 Å². The predicted molar refractivity (Wildman–Crippen MR) is 62.4 cm³/mol. The van der Waals surface area contributed by atoms with E-state index in [2.05, 4.69) is 0 Å². The maximum Gasteiger partial charge on any atom is 0.331 e. The van der Waals surface area contributed by atoms with Crippen LogP contribution in [0.5, 0.6) is 0 Å². The second-order valence-electron chi connectivity index (χ2n) is 4.10. The molecule has 1 heterocycles. The molecule has 0 aliphatic carbocycles. The number of carbonyl (C=O) groups excluding carboxylic acids is 1. The van der Waals surface area contributed by atoms with Crippen molar-refractivity contribution >= 4 is 5.97 Å². The fourth-order valence-electron chi connectivity index (χ4n) is 1.80. The van der Waals surface area contributed by atoms with Crippen LogP contribution in [0.1, 0.15) is 11.7 Å². The molecule has 2 rings (SSSR count). The number of hydrogen-bond acceptors (Lipinski definition) is 5. The maximum atomic E-state index is 10.9. The summed E-state index contributed by atoms with van der Waals surface area (Å²) < 4.78 is 4.76. The van der Waals surface area contributed by atoms with Crippen LogP contribution in [-0.2, 0) is 9.53 Å². The Hall–Kier alpha value is -1.69. The molecule has 1 aliphatic rings. The van der Waals surface area contributed by atoms with Gasteiger partial charge in [-0.05, 0) is 11.6 Å². The summed E-state index contributed by atoms with van der Waals surface area (Å²) in [4.78, 5) is 10.9. The van der Waals surface area contributed by atoms with Crippen molar-refractivity contribution < 1.29 is 24.9 Å². The molecule has 0 saturated carbocycles. The fraction of sp³-hybridized carbons (Fsp3) is 0.308. The molecule has 96 valence electrons. The first-order valence-electron chi connectivity index (χ1n) is 5.57. The van der Waals surface area contributed by atoms with Gasteiger partial charge in [0.05, 0.1) is 0 Å². The molecule has 1 aliphatic heterocycles. The van der Waals surface area contributed by atoms with E-state index in [0.717, 1.165) is 0 Å². The molecule has 0 bridgehead atoms. The van der Waals surface area contributed by atoms with Crippen molar-refractivity contribution in [1.29, 1.82) is 0 Å². The average Bonchev–Trinajstić information content (AvgIpc) is 2.84. The standard InChI is InChI=1S/C13H14O5/c14-10-7-6-9(18-10)12(16)13(17)11(15)8-4-2-1-3-5-8/h1-7,9,11-13,15-17H/t9-,11+,12-,13-/m1/s1. The van der Waals surface area contributed by atoms with Crippen LogP contribution >= 0.6 is 0 Å². The largest absolute Gasteiger partial charge is 0.452 e. The molecule has 0 fully saturated rings. The van der Waals surface area contributed by atoms with Crippen LogP contribution in [0.15, 0.2) is 42.5 Å². The Morgan fingerprint density at radius 1 is 1.11 bits per heavy atom. The van der Waals surface area contributed by atoms with Crippen molar-refractivity contribution in [3.05, 3.63) is 48.0 Å². The Morgan fingerprint density at radius 2 is 1.78 bits per heavy atom. The summed E-state index contributed by atoms with van der Waals surface area (Å²) >= 11 is 0. The summed E-state index contributed by atoms with van der Waals surface area (Å²) in [5, 5.41) is 29.6. The molecule has 5 heteroatoms. The predicted octanol–water partition coefficient (Wildman–Crippen LogP) is -0.0766. The van der Waals surface area contributed by atoms with E-state index in [1.165, 1.54) is 12.2 Å². The van der Waals surface area contributed by atoms with Gasteiger partial charge in [0, 0.05) is 6.08 Å². The van der Waals surface area contributed by atoms with Gasteiger partial charge >= 0.3 is 5.97 Å². The molecule has 5 nitrogen and oxygen atoms in total.